The Balaban J connectivity index is 1.58. The number of rotatable bonds is 6. The van der Waals surface area contributed by atoms with Crippen LogP contribution in [0.15, 0.2) is 30.3 Å². The van der Waals surface area contributed by atoms with Gasteiger partial charge in [-0.05, 0) is 18.4 Å². The van der Waals surface area contributed by atoms with Gasteiger partial charge in [0.1, 0.15) is 6.04 Å². The first-order valence-corrected chi connectivity index (χ1v) is 8.88. The van der Waals surface area contributed by atoms with Crippen LogP contribution in [0.25, 0.3) is 0 Å². The lowest BCUT2D eigenvalue weighted by Gasteiger charge is -2.39. The topological polar surface area (TPSA) is 75.4 Å². The van der Waals surface area contributed by atoms with Crippen LogP contribution in [0.3, 0.4) is 0 Å². The summed E-state index contributed by atoms with van der Waals surface area (Å²) in [6.45, 7) is 2.68. The summed E-state index contributed by atoms with van der Waals surface area (Å²) in [5.41, 5.74) is 6.86. The molecule has 2 aromatic rings. The molecule has 1 radical (unpaired) electrons. The molecule has 1 fully saturated rings. The number of primary amides is 1. The molecule has 0 bridgehead atoms. The molecule has 1 aromatic carbocycles. The Morgan fingerprint density at radius 3 is 2.79 bits per heavy atom. The second-order valence-electron chi connectivity index (χ2n) is 5.72. The highest BCUT2D eigenvalue weighted by molar-refractivity contribution is 6.99. The van der Waals surface area contributed by atoms with Crippen molar-refractivity contribution in [2.75, 3.05) is 31.1 Å². The van der Waals surface area contributed by atoms with Gasteiger partial charge in [0.15, 0.2) is 11.0 Å². The molecule has 1 saturated heterocycles. The number of halogens is 1. The van der Waals surface area contributed by atoms with E-state index in [0.29, 0.717) is 17.5 Å². The van der Waals surface area contributed by atoms with Crippen LogP contribution in [-0.4, -0.2) is 51.8 Å². The molecule has 0 aliphatic carbocycles. The van der Waals surface area contributed by atoms with Crippen molar-refractivity contribution in [3.63, 3.8) is 0 Å². The maximum Gasteiger partial charge on any atom is 0.236 e. The van der Waals surface area contributed by atoms with Crippen LogP contribution in [-0.2, 0) is 11.2 Å². The maximum absolute atomic E-state index is 11.9. The Kier molecular flexibility index (Phi) is 5.65. The van der Waals surface area contributed by atoms with E-state index in [1.165, 1.54) is 5.56 Å². The normalized spacial score (nSPS) is 18.7. The minimum Gasteiger partial charge on any atom is -0.368 e. The van der Waals surface area contributed by atoms with Crippen molar-refractivity contribution in [2.24, 2.45) is 5.73 Å². The zero-order chi connectivity index (χ0) is 16.9. The second kappa shape index (κ2) is 7.92. The van der Waals surface area contributed by atoms with Crippen LogP contribution >= 0.6 is 23.3 Å². The fourth-order valence-electron chi connectivity index (χ4n) is 2.87. The van der Waals surface area contributed by atoms with E-state index in [1.54, 1.807) is 0 Å². The number of benzene rings is 1. The summed E-state index contributed by atoms with van der Waals surface area (Å²) < 4.78 is 8.19. The van der Waals surface area contributed by atoms with Gasteiger partial charge >= 0.3 is 0 Å². The van der Waals surface area contributed by atoms with Crippen molar-refractivity contribution in [2.45, 2.75) is 12.5 Å². The van der Waals surface area contributed by atoms with E-state index in [9.17, 15) is 4.79 Å². The van der Waals surface area contributed by atoms with Gasteiger partial charge in [-0.25, -0.2) is 0 Å². The molecule has 1 aliphatic heterocycles. The molecule has 1 aromatic heterocycles. The molecule has 24 heavy (non-hydrogen) atoms. The maximum atomic E-state index is 11.9. The van der Waals surface area contributed by atoms with Crippen LogP contribution in [0.4, 0.5) is 5.82 Å². The lowest BCUT2D eigenvalue weighted by molar-refractivity contribution is -0.123. The van der Waals surface area contributed by atoms with Gasteiger partial charge in [0.2, 0.25) is 5.91 Å². The average molecular weight is 365 g/mol. The Bertz CT molecular complexity index is 680. The number of carbonyl (C=O) groups excluding carboxylic acids is 1. The predicted octanol–water partition coefficient (Wildman–Crippen LogP) is 1.61. The molecule has 8 heteroatoms. The number of nitrogens with zero attached hydrogens (tertiary/aromatic N) is 4. The molecule has 1 atom stereocenters. The third kappa shape index (κ3) is 4.03. The van der Waals surface area contributed by atoms with Gasteiger partial charge in [-0.15, -0.1) is 0 Å². The van der Waals surface area contributed by atoms with Gasteiger partial charge in [-0.1, -0.05) is 41.9 Å². The third-order valence-electron chi connectivity index (χ3n) is 4.14. The monoisotopic (exact) mass is 364 g/mol. The highest BCUT2D eigenvalue weighted by Crippen LogP contribution is 2.25. The van der Waals surface area contributed by atoms with E-state index in [1.807, 2.05) is 23.1 Å². The second-order valence-corrected chi connectivity index (χ2v) is 6.60. The molecule has 1 aliphatic rings. The third-order valence-corrected chi connectivity index (χ3v) is 5.01. The highest BCUT2D eigenvalue weighted by Gasteiger charge is 2.32. The largest absolute Gasteiger partial charge is 0.368 e. The highest BCUT2D eigenvalue weighted by atomic mass is 35.5. The fraction of sp³-hybridized carbons (Fsp3) is 0.375. The molecule has 127 valence electrons. The molecule has 1 unspecified atom stereocenters. The molecule has 3 rings (SSSR count). The SMILES string of the molecule is NC(=O)C1CN(c2nsnc2Cl)CCN1C[CH]Cc1ccccc1. The van der Waals surface area contributed by atoms with E-state index in [4.69, 9.17) is 17.3 Å². The van der Waals surface area contributed by atoms with Crippen molar-refractivity contribution in [1.82, 2.24) is 13.6 Å². The van der Waals surface area contributed by atoms with Gasteiger partial charge in [0.05, 0.1) is 11.7 Å². The van der Waals surface area contributed by atoms with E-state index < -0.39 is 0 Å². The summed E-state index contributed by atoms with van der Waals surface area (Å²) in [5, 5.41) is 0.382. The van der Waals surface area contributed by atoms with Crippen molar-refractivity contribution in [1.29, 1.82) is 0 Å². The van der Waals surface area contributed by atoms with Gasteiger partial charge in [-0.3, -0.25) is 9.69 Å². The first-order chi connectivity index (χ1) is 11.6. The molecular weight excluding hydrogens is 346 g/mol. The van der Waals surface area contributed by atoms with E-state index in [2.05, 4.69) is 32.2 Å². The molecular formula is C16H19ClN5OS. The number of amides is 1. The standard InChI is InChI=1S/C16H19ClN5OS/c17-14-16(20-24-19-14)22-10-9-21(13(11-22)15(18)23)8-4-7-12-5-2-1-3-6-12/h1-6,13H,7-11H2,(H2,18,23). The van der Waals surface area contributed by atoms with Crippen molar-refractivity contribution in [3.05, 3.63) is 47.5 Å². The number of anilines is 1. The van der Waals surface area contributed by atoms with Crippen molar-refractivity contribution >= 4 is 35.1 Å². The van der Waals surface area contributed by atoms with Crippen molar-refractivity contribution in [3.8, 4) is 0 Å². The van der Waals surface area contributed by atoms with Gasteiger partial charge in [-0.2, -0.15) is 8.75 Å². The first-order valence-electron chi connectivity index (χ1n) is 7.77. The predicted molar refractivity (Wildman–Crippen MR) is 96.1 cm³/mol. The van der Waals surface area contributed by atoms with Crippen LogP contribution in [0, 0.1) is 6.42 Å². The Morgan fingerprint density at radius 2 is 2.12 bits per heavy atom. The van der Waals surface area contributed by atoms with Crippen LogP contribution in [0.1, 0.15) is 5.56 Å². The fourth-order valence-corrected chi connectivity index (χ4v) is 3.65. The quantitative estimate of drug-likeness (QED) is 0.842. The van der Waals surface area contributed by atoms with Crippen molar-refractivity contribution < 1.29 is 4.79 Å². The lowest BCUT2D eigenvalue weighted by atomic mass is 10.1. The lowest BCUT2D eigenvalue weighted by Crippen LogP contribution is -2.58. The number of nitrogens with two attached hydrogens (primary N) is 1. The molecule has 1 amide bonds. The summed E-state index contributed by atoms with van der Waals surface area (Å²) >= 11 is 7.12. The summed E-state index contributed by atoms with van der Waals surface area (Å²) in [7, 11) is 0. The van der Waals surface area contributed by atoms with E-state index >= 15 is 0 Å². The smallest absolute Gasteiger partial charge is 0.236 e. The van der Waals surface area contributed by atoms with Gasteiger partial charge < -0.3 is 10.6 Å². The average Bonchev–Trinajstić information content (AvgIpc) is 3.02. The first kappa shape index (κ1) is 17.1. The molecule has 6 nitrogen and oxygen atoms in total. The molecule has 0 saturated carbocycles. The van der Waals surface area contributed by atoms with Gasteiger partial charge in [0.25, 0.3) is 0 Å². The van der Waals surface area contributed by atoms with E-state index in [-0.39, 0.29) is 11.9 Å². The van der Waals surface area contributed by atoms with Crippen LogP contribution in [0.2, 0.25) is 5.15 Å². The number of carbonyl (C=O) groups is 1. The summed E-state index contributed by atoms with van der Waals surface area (Å²) in [4.78, 5) is 16.0. The summed E-state index contributed by atoms with van der Waals surface area (Å²) in [5.74, 6) is 0.313. The van der Waals surface area contributed by atoms with Gasteiger partial charge in [0, 0.05) is 26.2 Å². The number of hydrogen-bond acceptors (Lipinski definition) is 6. The number of piperazine rings is 1. The molecule has 2 heterocycles. The molecule has 0 spiro atoms. The summed E-state index contributed by atoms with van der Waals surface area (Å²) in [6.07, 6.45) is 3.05. The zero-order valence-corrected chi connectivity index (χ0v) is 14.7. The Labute approximate surface area is 150 Å². The Morgan fingerprint density at radius 1 is 1.33 bits per heavy atom. The van der Waals surface area contributed by atoms with Crippen LogP contribution < -0.4 is 10.6 Å². The number of aromatic nitrogens is 2. The molecule has 2 N–H and O–H groups in total. The number of hydrogen-bond donors (Lipinski definition) is 1. The van der Waals surface area contributed by atoms with E-state index in [0.717, 1.165) is 37.8 Å². The zero-order valence-electron chi connectivity index (χ0n) is 13.1. The summed E-state index contributed by atoms with van der Waals surface area (Å²) in [6, 6.07) is 9.89. The Hall–Kier alpha value is -1.70. The minimum atomic E-state index is -0.358. The van der Waals surface area contributed by atoms with Crippen LogP contribution in [0.5, 0.6) is 0 Å². The minimum absolute atomic E-state index is 0.327.